The molecule has 0 spiro atoms. The van der Waals surface area contributed by atoms with Crippen LogP contribution in [0, 0.1) is 5.92 Å². The van der Waals surface area contributed by atoms with Crippen LogP contribution in [0.3, 0.4) is 0 Å². The van der Waals surface area contributed by atoms with Crippen LogP contribution < -0.4 is 0 Å². The molecule has 3 heteroatoms. The average Bonchev–Trinajstić information content (AvgIpc) is 2.17. The number of Topliss-reactive ketones (excluding diaryl/α,β-unsaturated/α-hetero) is 1. The molecule has 0 bridgehead atoms. The number of aliphatic imine (C=N–C) groups is 1. The molecule has 2 nitrogen and oxygen atoms in total. The highest BCUT2D eigenvalue weighted by Gasteiger charge is 2.16. The summed E-state index contributed by atoms with van der Waals surface area (Å²) in [6.45, 7) is 0.353. The first kappa shape index (κ1) is 10.4. The molecule has 0 radical (unpaired) electrons. The second kappa shape index (κ2) is 4.58. The number of benzene rings is 1. The third-order valence-electron chi connectivity index (χ3n) is 2.46. The van der Waals surface area contributed by atoms with E-state index in [4.69, 9.17) is 11.6 Å². The number of carbonyl (C=O) groups is 1. The molecule has 0 N–H and O–H groups in total. The van der Waals surface area contributed by atoms with E-state index in [9.17, 15) is 4.79 Å². The average molecular weight is 222 g/mol. The molecule has 0 aromatic heterocycles. The zero-order valence-corrected chi connectivity index (χ0v) is 9.07. The van der Waals surface area contributed by atoms with Crippen LogP contribution in [-0.4, -0.2) is 18.5 Å². The predicted octanol–water partition coefficient (Wildman–Crippen LogP) is 2.54. The number of carbonyl (C=O) groups excluding carboxylic acids is 1. The maximum absolute atomic E-state index is 11.2. The highest BCUT2D eigenvalue weighted by molar-refractivity contribution is 6.30. The molecule has 0 aliphatic carbocycles. The molecule has 1 aliphatic rings. The maximum Gasteiger partial charge on any atom is 0.154 e. The van der Waals surface area contributed by atoms with Crippen LogP contribution in [0.2, 0.25) is 5.02 Å². The zero-order chi connectivity index (χ0) is 10.7. The monoisotopic (exact) mass is 221 g/mol. The molecule has 1 unspecified atom stereocenters. The highest BCUT2D eigenvalue weighted by atomic mass is 35.5. The van der Waals surface area contributed by atoms with E-state index in [-0.39, 0.29) is 11.7 Å². The van der Waals surface area contributed by atoms with Gasteiger partial charge in [-0.1, -0.05) is 23.7 Å². The van der Waals surface area contributed by atoms with E-state index < -0.39 is 0 Å². The fraction of sp³-hybridized carbons (Fsp3) is 0.333. The van der Waals surface area contributed by atoms with Crippen molar-refractivity contribution in [2.75, 3.05) is 6.54 Å². The van der Waals surface area contributed by atoms with Crippen LogP contribution in [0.5, 0.6) is 0 Å². The molecule has 15 heavy (non-hydrogen) atoms. The molecule has 0 saturated carbocycles. The molecule has 1 aromatic carbocycles. The third kappa shape index (κ3) is 2.90. The summed E-state index contributed by atoms with van der Waals surface area (Å²) in [5.74, 6) is 0.467. The number of hydrogen-bond acceptors (Lipinski definition) is 2. The van der Waals surface area contributed by atoms with Crippen molar-refractivity contribution in [3.05, 3.63) is 34.9 Å². The van der Waals surface area contributed by atoms with Crippen molar-refractivity contribution >= 4 is 23.6 Å². The molecule has 1 heterocycles. The number of rotatable bonds is 2. The Balaban J connectivity index is 2.05. The van der Waals surface area contributed by atoms with Gasteiger partial charge in [0.1, 0.15) is 0 Å². The van der Waals surface area contributed by atoms with E-state index in [1.807, 2.05) is 30.5 Å². The van der Waals surface area contributed by atoms with Crippen molar-refractivity contribution < 1.29 is 4.79 Å². The summed E-state index contributed by atoms with van der Waals surface area (Å²) in [5.41, 5.74) is 1.16. The third-order valence-corrected chi connectivity index (χ3v) is 2.70. The Kier molecular flexibility index (Phi) is 3.17. The van der Waals surface area contributed by atoms with Crippen molar-refractivity contribution in [2.45, 2.75) is 12.8 Å². The van der Waals surface area contributed by atoms with Crippen LogP contribution in [0.15, 0.2) is 29.3 Å². The summed E-state index contributed by atoms with van der Waals surface area (Å²) in [6, 6.07) is 7.75. The Morgan fingerprint density at radius 1 is 1.47 bits per heavy atom. The second-order valence-electron chi connectivity index (χ2n) is 3.83. The van der Waals surface area contributed by atoms with Gasteiger partial charge in [0.25, 0.3) is 0 Å². The normalized spacial score (nSPS) is 20.6. The van der Waals surface area contributed by atoms with E-state index in [1.54, 1.807) is 0 Å². The summed E-state index contributed by atoms with van der Waals surface area (Å²) in [4.78, 5) is 15.2. The fourth-order valence-electron chi connectivity index (χ4n) is 1.80. The molecule has 1 aromatic rings. The Morgan fingerprint density at radius 3 is 3.07 bits per heavy atom. The molecule has 1 atom stereocenters. The first-order valence-corrected chi connectivity index (χ1v) is 5.38. The minimum absolute atomic E-state index is 0.226. The van der Waals surface area contributed by atoms with Crippen LogP contribution >= 0.6 is 11.6 Å². The van der Waals surface area contributed by atoms with Crippen LogP contribution in [0.4, 0.5) is 0 Å². The van der Waals surface area contributed by atoms with Crippen molar-refractivity contribution in [1.82, 2.24) is 0 Å². The summed E-state index contributed by atoms with van der Waals surface area (Å²) in [5, 5.41) is 0.742. The quantitative estimate of drug-likeness (QED) is 0.755. The standard InChI is InChI=1S/C12H12ClNO/c13-11-3-1-2-9(5-11)4-10-6-12(15)8-14-7-10/h1-3,5,7,10H,4,6,8H2. The molecule has 1 aliphatic heterocycles. The molecular weight excluding hydrogens is 210 g/mol. The SMILES string of the molecule is O=C1CN=CC(Cc2cccc(Cl)c2)C1. The van der Waals surface area contributed by atoms with Crippen molar-refractivity contribution in [2.24, 2.45) is 10.9 Å². The first-order chi connectivity index (χ1) is 7.24. The molecular formula is C12H12ClNO. The lowest BCUT2D eigenvalue weighted by Crippen LogP contribution is -2.19. The van der Waals surface area contributed by atoms with Gasteiger partial charge in [-0.25, -0.2) is 0 Å². The van der Waals surface area contributed by atoms with Gasteiger partial charge >= 0.3 is 0 Å². The number of nitrogens with zero attached hydrogens (tertiary/aromatic N) is 1. The molecule has 78 valence electrons. The minimum Gasteiger partial charge on any atom is -0.298 e. The Bertz CT molecular complexity index is 400. The Hall–Kier alpha value is -1.15. The number of ketones is 1. The van der Waals surface area contributed by atoms with Gasteiger partial charge in [-0.05, 0) is 24.1 Å². The van der Waals surface area contributed by atoms with Crippen molar-refractivity contribution in [3.63, 3.8) is 0 Å². The number of hydrogen-bond donors (Lipinski definition) is 0. The van der Waals surface area contributed by atoms with Crippen LogP contribution in [0.1, 0.15) is 12.0 Å². The lowest BCUT2D eigenvalue weighted by molar-refractivity contribution is -0.118. The van der Waals surface area contributed by atoms with Crippen LogP contribution in [-0.2, 0) is 11.2 Å². The fourth-order valence-corrected chi connectivity index (χ4v) is 2.02. The summed E-state index contributed by atoms with van der Waals surface area (Å²) < 4.78 is 0. The minimum atomic E-state index is 0.226. The van der Waals surface area contributed by atoms with Gasteiger partial charge in [0.15, 0.2) is 5.78 Å². The molecule has 0 amide bonds. The highest BCUT2D eigenvalue weighted by Crippen LogP contribution is 2.17. The van der Waals surface area contributed by atoms with Gasteiger partial charge in [-0.2, -0.15) is 0 Å². The zero-order valence-electron chi connectivity index (χ0n) is 8.32. The van der Waals surface area contributed by atoms with E-state index in [0.29, 0.717) is 13.0 Å². The van der Waals surface area contributed by atoms with E-state index in [0.717, 1.165) is 17.0 Å². The first-order valence-electron chi connectivity index (χ1n) is 5.00. The Morgan fingerprint density at radius 2 is 2.33 bits per heavy atom. The van der Waals surface area contributed by atoms with Gasteiger partial charge < -0.3 is 0 Å². The summed E-state index contributed by atoms with van der Waals surface area (Å²) >= 11 is 5.89. The smallest absolute Gasteiger partial charge is 0.154 e. The number of halogens is 1. The summed E-state index contributed by atoms with van der Waals surface area (Å²) in [6.07, 6.45) is 3.34. The molecule has 2 rings (SSSR count). The van der Waals surface area contributed by atoms with E-state index in [1.165, 1.54) is 0 Å². The van der Waals surface area contributed by atoms with Crippen molar-refractivity contribution in [1.29, 1.82) is 0 Å². The van der Waals surface area contributed by atoms with E-state index >= 15 is 0 Å². The largest absolute Gasteiger partial charge is 0.298 e. The maximum atomic E-state index is 11.2. The van der Waals surface area contributed by atoms with Gasteiger partial charge in [0.2, 0.25) is 0 Å². The molecule has 0 fully saturated rings. The predicted molar refractivity (Wildman–Crippen MR) is 61.6 cm³/mol. The topological polar surface area (TPSA) is 29.4 Å². The lowest BCUT2D eigenvalue weighted by atomic mass is 9.94. The van der Waals surface area contributed by atoms with Crippen molar-refractivity contribution in [3.8, 4) is 0 Å². The van der Waals surface area contributed by atoms with Gasteiger partial charge in [-0.15, -0.1) is 0 Å². The summed E-state index contributed by atoms with van der Waals surface area (Å²) in [7, 11) is 0. The molecule has 0 saturated heterocycles. The van der Waals surface area contributed by atoms with Gasteiger partial charge in [0.05, 0.1) is 6.54 Å². The van der Waals surface area contributed by atoms with E-state index in [2.05, 4.69) is 4.99 Å². The van der Waals surface area contributed by atoms with Crippen LogP contribution in [0.25, 0.3) is 0 Å². The second-order valence-corrected chi connectivity index (χ2v) is 4.26. The van der Waals surface area contributed by atoms with Gasteiger partial charge in [0, 0.05) is 23.6 Å². The Labute approximate surface area is 94.0 Å². The van der Waals surface area contributed by atoms with Gasteiger partial charge in [-0.3, -0.25) is 9.79 Å². The lowest BCUT2D eigenvalue weighted by Gasteiger charge is -2.14.